The van der Waals surface area contributed by atoms with Crippen LogP contribution in [0.4, 0.5) is 0 Å². The lowest BCUT2D eigenvalue weighted by molar-refractivity contribution is 0.0940. The van der Waals surface area contributed by atoms with Crippen LogP contribution in [0.15, 0.2) is 54.1 Å². The summed E-state index contributed by atoms with van der Waals surface area (Å²) in [6.07, 6.45) is 5.98. The van der Waals surface area contributed by atoms with Crippen LogP contribution in [0.5, 0.6) is 0 Å². The third kappa shape index (κ3) is 5.78. The minimum atomic E-state index is -0.274. The molecule has 1 amide bonds. The van der Waals surface area contributed by atoms with Crippen molar-refractivity contribution in [3.63, 3.8) is 0 Å². The van der Waals surface area contributed by atoms with Crippen LogP contribution >= 0.6 is 0 Å². The van der Waals surface area contributed by atoms with Crippen LogP contribution in [0.25, 0.3) is 5.70 Å². The second-order valence-corrected chi connectivity index (χ2v) is 7.33. The van der Waals surface area contributed by atoms with E-state index in [0.29, 0.717) is 17.3 Å². The summed E-state index contributed by atoms with van der Waals surface area (Å²) in [4.78, 5) is 17.5. The van der Waals surface area contributed by atoms with Gasteiger partial charge in [-0.15, -0.1) is 0 Å². The van der Waals surface area contributed by atoms with E-state index in [-0.39, 0.29) is 13.4 Å². The molecule has 1 unspecified atom stereocenters. The summed E-state index contributed by atoms with van der Waals surface area (Å²) >= 11 is 0. The Morgan fingerprint density at radius 3 is 2.63 bits per heavy atom. The molecule has 0 spiro atoms. The lowest BCUT2D eigenvalue weighted by Gasteiger charge is -2.15. The molecule has 30 heavy (non-hydrogen) atoms. The van der Waals surface area contributed by atoms with Crippen molar-refractivity contribution in [1.82, 2.24) is 15.1 Å². The molecule has 1 saturated carbocycles. The van der Waals surface area contributed by atoms with E-state index >= 15 is 0 Å². The van der Waals surface area contributed by atoms with Crippen LogP contribution in [-0.2, 0) is 7.05 Å². The predicted octanol–water partition coefficient (Wildman–Crippen LogP) is 5.68. The molecule has 0 aliphatic heterocycles. The average molecular weight is 409 g/mol. The van der Waals surface area contributed by atoms with E-state index in [2.05, 4.69) is 36.1 Å². The van der Waals surface area contributed by atoms with Crippen LogP contribution in [-0.4, -0.2) is 27.4 Å². The molecule has 5 heteroatoms. The second-order valence-electron chi connectivity index (χ2n) is 7.33. The number of nitrogens with one attached hydrogen (secondary N) is 1. The van der Waals surface area contributed by atoms with Crippen LogP contribution in [0, 0.1) is 6.92 Å². The smallest absolute Gasteiger partial charge is 0.270 e. The minimum absolute atomic E-state index is 0. The van der Waals surface area contributed by atoms with E-state index in [1.165, 1.54) is 5.56 Å². The van der Waals surface area contributed by atoms with Crippen LogP contribution in [0.3, 0.4) is 0 Å². The summed E-state index contributed by atoms with van der Waals surface area (Å²) in [6, 6.07) is 9.82. The highest BCUT2D eigenvalue weighted by molar-refractivity contribution is 6.05. The lowest BCUT2D eigenvalue weighted by atomic mass is 10.1. The van der Waals surface area contributed by atoms with Crippen molar-refractivity contribution in [3.05, 3.63) is 71.6 Å². The van der Waals surface area contributed by atoms with Gasteiger partial charge < -0.3 is 5.32 Å². The Balaban J connectivity index is 0.00000156. The number of aliphatic imine (C=N–C) groups is 1. The number of aryl methyl sites for hydroxylation is 2. The Bertz CT molecular complexity index is 954. The minimum Gasteiger partial charge on any atom is -0.343 e. The van der Waals surface area contributed by atoms with Gasteiger partial charge in [-0.2, -0.15) is 5.10 Å². The Morgan fingerprint density at radius 1 is 1.37 bits per heavy atom. The number of aromatic nitrogens is 2. The van der Waals surface area contributed by atoms with Crippen LogP contribution < -0.4 is 5.32 Å². The second kappa shape index (κ2) is 10.7. The quantitative estimate of drug-likeness (QED) is 0.599. The molecule has 3 rings (SSSR count). The topological polar surface area (TPSA) is 59.3 Å². The lowest BCUT2D eigenvalue weighted by Crippen LogP contribution is -2.38. The summed E-state index contributed by atoms with van der Waals surface area (Å²) in [5, 5.41) is 7.50. The van der Waals surface area contributed by atoms with Gasteiger partial charge in [-0.1, -0.05) is 50.3 Å². The molecule has 0 bridgehead atoms. The molecule has 1 aromatic heterocycles. The SMILES string of the molecule is C=CC(=N/C(=C/C)c1cccc(C)c1)C(C)NC(=O)c1cc(C2CC2)nn1C.CC.[HH]. The standard InChI is InChI=1S/C23H28N4O.C2H6.H2/c1-6-19(25-20(7-2)18-10-8-9-15(3)13-18)16(4)24-23(28)22-14-21(17-11-12-17)26-27(22)5;1-2;/h6-10,13-14,16-17H,1,11-12H2,2-5H3,(H,24,28);1-2H3;1H/b20-7+,25-19?;;. The third-order valence-corrected chi connectivity index (χ3v) is 4.96. The van der Waals surface area contributed by atoms with Crippen molar-refractivity contribution in [1.29, 1.82) is 0 Å². The maximum Gasteiger partial charge on any atom is 0.270 e. The fourth-order valence-corrected chi connectivity index (χ4v) is 3.18. The Kier molecular flexibility index (Phi) is 8.34. The van der Waals surface area contributed by atoms with Crippen molar-refractivity contribution in [2.45, 2.75) is 59.4 Å². The van der Waals surface area contributed by atoms with Crippen molar-refractivity contribution < 1.29 is 6.22 Å². The highest BCUT2D eigenvalue weighted by Crippen LogP contribution is 2.39. The van der Waals surface area contributed by atoms with Crippen molar-refractivity contribution in [3.8, 4) is 0 Å². The van der Waals surface area contributed by atoms with E-state index in [1.807, 2.05) is 59.0 Å². The molecular weight excluding hydrogens is 372 g/mol. The monoisotopic (exact) mass is 408 g/mol. The van der Waals surface area contributed by atoms with E-state index in [4.69, 9.17) is 4.99 Å². The molecule has 1 aromatic carbocycles. The fourth-order valence-electron chi connectivity index (χ4n) is 3.18. The molecule has 1 atom stereocenters. The average Bonchev–Trinajstić information content (AvgIpc) is 3.52. The largest absolute Gasteiger partial charge is 0.343 e. The van der Waals surface area contributed by atoms with Gasteiger partial charge >= 0.3 is 0 Å². The van der Waals surface area contributed by atoms with E-state index in [9.17, 15) is 4.79 Å². The molecule has 1 aliphatic rings. The molecule has 1 heterocycles. The van der Waals surface area contributed by atoms with E-state index in [0.717, 1.165) is 29.8 Å². The van der Waals surface area contributed by atoms with Crippen LogP contribution in [0.1, 0.15) is 75.2 Å². The molecular formula is C25H36N4O. The van der Waals surface area contributed by atoms with Gasteiger partial charge in [0.2, 0.25) is 0 Å². The zero-order valence-electron chi connectivity index (χ0n) is 19.1. The number of hydrogen-bond acceptors (Lipinski definition) is 3. The molecule has 162 valence electrons. The zero-order valence-corrected chi connectivity index (χ0v) is 19.1. The van der Waals surface area contributed by atoms with E-state index < -0.39 is 0 Å². The van der Waals surface area contributed by atoms with Gasteiger partial charge in [0.1, 0.15) is 5.69 Å². The number of carbonyl (C=O) groups is 1. The zero-order chi connectivity index (χ0) is 22.3. The van der Waals surface area contributed by atoms with Gasteiger partial charge in [-0.25, -0.2) is 0 Å². The third-order valence-electron chi connectivity index (χ3n) is 4.96. The van der Waals surface area contributed by atoms with Crippen molar-refractivity contribution >= 4 is 17.3 Å². The van der Waals surface area contributed by atoms with Crippen molar-refractivity contribution in [2.24, 2.45) is 12.0 Å². The highest BCUT2D eigenvalue weighted by atomic mass is 16.2. The van der Waals surface area contributed by atoms with E-state index in [1.54, 1.807) is 10.8 Å². The number of benzene rings is 1. The Hall–Kier alpha value is -2.95. The Morgan fingerprint density at radius 2 is 2.07 bits per heavy atom. The summed E-state index contributed by atoms with van der Waals surface area (Å²) in [6.45, 7) is 13.8. The van der Waals surface area contributed by atoms with Gasteiger partial charge in [0.25, 0.3) is 5.91 Å². The number of carbonyl (C=O) groups excluding carboxylic acids is 1. The molecule has 1 aliphatic carbocycles. The highest BCUT2D eigenvalue weighted by Gasteiger charge is 2.28. The molecule has 1 fully saturated rings. The molecule has 2 aromatic rings. The summed E-state index contributed by atoms with van der Waals surface area (Å²) in [5.41, 5.74) is 5.37. The molecule has 5 nitrogen and oxygen atoms in total. The molecule has 1 N–H and O–H groups in total. The number of hydrogen-bond donors (Lipinski definition) is 1. The first kappa shape index (κ1) is 23.3. The summed E-state index contributed by atoms with van der Waals surface area (Å²) < 4.78 is 1.66. The van der Waals surface area contributed by atoms with Gasteiger partial charge in [0, 0.05) is 20.0 Å². The Labute approximate surface area is 182 Å². The van der Waals surface area contributed by atoms with Gasteiger partial charge in [0.05, 0.1) is 23.1 Å². The van der Waals surface area contributed by atoms with Gasteiger partial charge in [-0.3, -0.25) is 14.5 Å². The molecule has 0 saturated heterocycles. The van der Waals surface area contributed by atoms with Crippen LogP contribution in [0.2, 0.25) is 0 Å². The normalized spacial score (nSPS) is 15.1. The summed E-state index contributed by atoms with van der Waals surface area (Å²) in [7, 11) is 1.81. The first-order chi connectivity index (χ1) is 14.4. The molecule has 0 radical (unpaired) electrons. The number of nitrogens with zero attached hydrogens (tertiary/aromatic N) is 3. The van der Waals surface area contributed by atoms with Crippen molar-refractivity contribution in [2.75, 3.05) is 0 Å². The fraction of sp³-hybridized carbons (Fsp3) is 0.400. The maximum absolute atomic E-state index is 12.7. The van der Waals surface area contributed by atoms with Gasteiger partial charge in [0.15, 0.2) is 0 Å². The first-order valence-electron chi connectivity index (χ1n) is 10.7. The number of allylic oxidation sites excluding steroid dienone is 1. The number of amides is 1. The van der Waals surface area contributed by atoms with Gasteiger partial charge in [-0.05, 0) is 51.8 Å². The first-order valence-corrected chi connectivity index (χ1v) is 10.7. The number of rotatable bonds is 7. The summed E-state index contributed by atoms with van der Waals surface area (Å²) in [5.74, 6) is 0.364. The predicted molar refractivity (Wildman–Crippen MR) is 128 cm³/mol. The maximum atomic E-state index is 12.7.